The fourth-order valence-electron chi connectivity index (χ4n) is 0.893. The number of thiazole rings is 1. The fraction of sp³-hybridized carbons (Fsp3) is 0.375. The van der Waals surface area contributed by atoms with Crippen molar-refractivity contribution in [2.24, 2.45) is 0 Å². The minimum Gasteiger partial charge on any atom is -0.477 e. The first-order valence-corrected chi connectivity index (χ1v) is 4.80. The number of carbonyl (C=O) groups is 1. The van der Waals surface area contributed by atoms with Gasteiger partial charge in [0.05, 0.1) is 24.8 Å². The highest BCUT2D eigenvalue weighted by Gasteiger charge is 2.22. The molecule has 2 atom stereocenters. The number of hydrogen-bond acceptors (Lipinski definition) is 6. The minimum atomic E-state index is -1.32. The lowest BCUT2D eigenvalue weighted by atomic mass is 10.1. The zero-order valence-electron chi connectivity index (χ0n) is 7.49. The van der Waals surface area contributed by atoms with Crippen LogP contribution in [0.4, 0.5) is 0 Å². The van der Waals surface area contributed by atoms with Crippen LogP contribution in [0.15, 0.2) is 6.20 Å². The maximum atomic E-state index is 10.5. The lowest BCUT2D eigenvalue weighted by Gasteiger charge is -2.11. The van der Waals surface area contributed by atoms with Gasteiger partial charge in [0, 0.05) is 0 Å². The predicted molar refractivity (Wildman–Crippen MR) is 50.3 cm³/mol. The summed E-state index contributed by atoms with van der Waals surface area (Å²) in [4.78, 5) is 14.1. The third kappa shape index (κ3) is 2.73. The van der Waals surface area contributed by atoms with Crippen LogP contribution in [0.5, 0.6) is 0 Å². The van der Waals surface area contributed by atoms with E-state index in [4.69, 9.17) is 10.4 Å². The SMILES string of the molecule is N#CCC(O)C(O)c1ncc(C(=O)O)s1. The van der Waals surface area contributed by atoms with Crippen molar-refractivity contribution >= 4 is 17.3 Å². The molecule has 0 bridgehead atoms. The molecule has 0 fully saturated rings. The Hall–Kier alpha value is -1.49. The van der Waals surface area contributed by atoms with Crippen molar-refractivity contribution in [3.63, 3.8) is 0 Å². The Morgan fingerprint density at radius 3 is 2.80 bits per heavy atom. The first-order chi connectivity index (χ1) is 7.06. The average molecular weight is 228 g/mol. The van der Waals surface area contributed by atoms with E-state index in [0.29, 0.717) is 0 Å². The van der Waals surface area contributed by atoms with Crippen LogP contribution in [-0.4, -0.2) is 32.4 Å². The Kier molecular flexibility index (Phi) is 3.74. The van der Waals surface area contributed by atoms with Gasteiger partial charge in [-0.2, -0.15) is 5.26 Å². The van der Waals surface area contributed by atoms with Gasteiger partial charge in [-0.3, -0.25) is 0 Å². The van der Waals surface area contributed by atoms with Crippen LogP contribution < -0.4 is 0 Å². The van der Waals surface area contributed by atoms with Crippen LogP contribution in [-0.2, 0) is 0 Å². The zero-order valence-corrected chi connectivity index (χ0v) is 8.31. The van der Waals surface area contributed by atoms with Crippen LogP contribution in [0.3, 0.4) is 0 Å². The zero-order chi connectivity index (χ0) is 11.4. The average Bonchev–Trinajstić information content (AvgIpc) is 2.65. The first-order valence-electron chi connectivity index (χ1n) is 3.98. The first kappa shape index (κ1) is 11.6. The standard InChI is InChI=1S/C8H8N2O4S/c9-2-1-4(11)6(12)7-10-3-5(15-7)8(13)14/h3-4,6,11-12H,1H2,(H,13,14). The Morgan fingerprint density at radius 2 is 2.33 bits per heavy atom. The molecule has 0 spiro atoms. The molecule has 1 aromatic rings. The van der Waals surface area contributed by atoms with Crippen molar-refractivity contribution < 1.29 is 20.1 Å². The lowest BCUT2D eigenvalue weighted by molar-refractivity contribution is 0.0215. The van der Waals surface area contributed by atoms with Crippen molar-refractivity contribution in [3.8, 4) is 6.07 Å². The molecule has 0 aromatic carbocycles. The molecule has 0 aliphatic carbocycles. The molecular weight excluding hydrogens is 220 g/mol. The summed E-state index contributed by atoms with van der Waals surface area (Å²) in [6.07, 6.45) is -1.70. The van der Waals surface area contributed by atoms with Crippen molar-refractivity contribution in [3.05, 3.63) is 16.1 Å². The van der Waals surface area contributed by atoms with Gasteiger partial charge < -0.3 is 15.3 Å². The molecule has 0 amide bonds. The molecule has 0 aliphatic rings. The van der Waals surface area contributed by atoms with E-state index in [-0.39, 0.29) is 16.3 Å². The molecule has 3 N–H and O–H groups in total. The monoisotopic (exact) mass is 228 g/mol. The normalized spacial score (nSPS) is 14.2. The quantitative estimate of drug-likeness (QED) is 0.675. The number of nitrogens with zero attached hydrogens (tertiary/aromatic N) is 2. The van der Waals surface area contributed by atoms with Gasteiger partial charge in [0.25, 0.3) is 0 Å². The predicted octanol–water partition coefficient (Wildman–Crippen LogP) is 0.149. The van der Waals surface area contributed by atoms with Gasteiger partial charge in [-0.25, -0.2) is 9.78 Å². The number of aromatic carboxylic acids is 1. The summed E-state index contributed by atoms with van der Waals surface area (Å²) < 4.78 is 0. The summed E-state index contributed by atoms with van der Waals surface area (Å²) in [6.45, 7) is 0. The molecular formula is C8H8N2O4S. The maximum absolute atomic E-state index is 10.5. The number of carboxylic acids is 1. The molecule has 1 rings (SSSR count). The summed E-state index contributed by atoms with van der Waals surface area (Å²) in [6, 6.07) is 1.70. The molecule has 80 valence electrons. The van der Waals surface area contributed by atoms with E-state index in [1.165, 1.54) is 0 Å². The van der Waals surface area contributed by atoms with Gasteiger partial charge in [-0.15, -0.1) is 11.3 Å². The number of nitriles is 1. The van der Waals surface area contributed by atoms with Gasteiger partial charge in [-0.05, 0) is 0 Å². The van der Waals surface area contributed by atoms with Gasteiger partial charge in [0.2, 0.25) is 0 Å². The second kappa shape index (κ2) is 4.84. The van der Waals surface area contributed by atoms with Crippen molar-refractivity contribution in [1.82, 2.24) is 4.98 Å². The molecule has 0 saturated carbocycles. The van der Waals surface area contributed by atoms with Gasteiger partial charge in [0.15, 0.2) is 0 Å². The smallest absolute Gasteiger partial charge is 0.347 e. The number of hydrogen-bond donors (Lipinski definition) is 3. The molecule has 0 aliphatic heterocycles. The maximum Gasteiger partial charge on any atom is 0.347 e. The number of rotatable bonds is 4. The third-order valence-corrected chi connectivity index (χ3v) is 2.71. The van der Waals surface area contributed by atoms with Crippen molar-refractivity contribution in [2.45, 2.75) is 18.6 Å². The number of carboxylic acid groups (broad SMARTS) is 1. The number of aliphatic hydroxyl groups is 2. The van der Waals surface area contributed by atoms with Crippen LogP contribution in [0, 0.1) is 11.3 Å². The second-order valence-electron chi connectivity index (χ2n) is 2.74. The van der Waals surface area contributed by atoms with E-state index >= 15 is 0 Å². The Balaban J connectivity index is 2.78. The van der Waals surface area contributed by atoms with Gasteiger partial charge >= 0.3 is 5.97 Å². The molecule has 7 heteroatoms. The molecule has 15 heavy (non-hydrogen) atoms. The highest BCUT2D eigenvalue weighted by Crippen LogP contribution is 2.23. The van der Waals surface area contributed by atoms with Crippen LogP contribution in [0.2, 0.25) is 0 Å². The van der Waals surface area contributed by atoms with Crippen LogP contribution in [0.25, 0.3) is 0 Å². The van der Waals surface area contributed by atoms with E-state index in [9.17, 15) is 15.0 Å². The number of aromatic nitrogens is 1. The van der Waals surface area contributed by atoms with E-state index in [0.717, 1.165) is 17.5 Å². The molecule has 0 radical (unpaired) electrons. The van der Waals surface area contributed by atoms with E-state index < -0.39 is 18.2 Å². The molecule has 0 saturated heterocycles. The van der Waals surface area contributed by atoms with Crippen LogP contribution >= 0.6 is 11.3 Å². The van der Waals surface area contributed by atoms with Gasteiger partial charge in [-0.1, -0.05) is 0 Å². The lowest BCUT2D eigenvalue weighted by Crippen LogP contribution is -2.17. The fourth-order valence-corrected chi connectivity index (χ4v) is 1.69. The summed E-state index contributed by atoms with van der Waals surface area (Å²) in [5.41, 5.74) is 0. The summed E-state index contributed by atoms with van der Waals surface area (Å²) in [5.74, 6) is -1.14. The topological polar surface area (TPSA) is 114 Å². The highest BCUT2D eigenvalue weighted by molar-refractivity contribution is 7.13. The summed E-state index contributed by atoms with van der Waals surface area (Å²) >= 11 is 0.773. The highest BCUT2D eigenvalue weighted by atomic mass is 32.1. The van der Waals surface area contributed by atoms with Crippen LogP contribution in [0.1, 0.15) is 27.2 Å². The molecule has 2 unspecified atom stereocenters. The van der Waals surface area contributed by atoms with Gasteiger partial charge in [0.1, 0.15) is 16.0 Å². The van der Waals surface area contributed by atoms with Crippen molar-refractivity contribution in [1.29, 1.82) is 5.26 Å². The Labute approximate surface area is 89.1 Å². The Bertz CT molecular complexity index is 398. The molecule has 1 aromatic heterocycles. The van der Waals surface area contributed by atoms with E-state index in [2.05, 4.69) is 4.98 Å². The summed E-state index contributed by atoms with van der Waals surface area (Å²) in [7, 11) is 0. The third-order valence-electron chi connectivity index (χ3n) is 1.65. The van der Waals surface area contributed by atoms with E-state index in [1.807, 2.05) is 0 Å². The second-order valence-corrected chi connectivity index (χ2v) is 3.80. The Morgan fingerprint density at radius 1 is 1.67 bits per heavy atom. The van der Waals surface area contributed by atoms with Crippen molar-refractivity contribution in [2.75, 3.05) is 0 Å². The summed E-state index contributed by atoms with van der Waals surface area (Å²) in [5, 5.41) is 35.7. The minimum absolute atomic E-state index is 0.0202. The van der Waals surface area contributed by atoms with E-state index in [1.54, 1.807) is 6.07 Å². The molecule has 6 nitrogen and oxygen atoms in total. The number of aliphatic hydroxyl groups excluding tert-OH is 2. The largest absolute Gasteiger partial charge is 0.477 e. The molecule has 1 heterocycles.